The zero-order valence-corrected chi connectivity index (χ0v) is 19.6. The molecule has 174 valence electrons. The van der Waals surface area contributed by atoms with E-state index in [1.165, 1.54) is 13.8 Å². The first-order valence-electron chi connectivity index (χ1n) is 11.8. The SMILES string of the molecule is CCCC1=NC2(CCCC2)C(=O)N1Cc1ccc(-c2cccc(OC(C)(C)C(=O)O)c2)cc1. The van der Waals surface area contributed by atoms with Gasteiger partial charge in [0.05, 0.1) is 6.54 Å². The van der Waals surface area contributed by atoms with E-state index in [0.717, 1.165) is 61.1 Å². The normalized spacial score (nSPS) is 17.5. The van der Waals surface area contributed by atoms with Crippen LogP contribution in [0.15, 0.2) is 53.5 Å². The van der Waals surface area contributed by atoms with Crippen LogP contribution in [0, 0.1) is 0 Å². The van der Waals surface area contributed by atoms with Gasteiger partial charge in [-0.3, -0.25) is 14.7 Å². The number of aliphatic carboxylic acids is 1. The summed E-state index contributed by atoms with van der Waals surface area (Å²) in [4.78, 5) is 31.4. The summed E-state index contributed by atoms with van der Waals surface area (Å²) in [5, 5.41) is 9.31. The van der Waals surface area contributed by atoms with Gasteiger partial charge in [-0.15, -0.1) is 0 Å². The fraction of sp³-hybridized carbons (Fsp3) is 0.444. The van der Waals surface area contributed by atoms with E-state index in [1.54, 1.807) is 6.07 Å². The zero-order valence-electron chi connectivity index (χ0n) is 19.6. The van der Waals surface area contributed by atoms with Crippen LogP contribution in [0.3, 0.4) is 0 Å². The molecule has 6 heteroatoms. The lowest BCUT2D eigenvalue weighted by molar-refractivity contribution is -0.152. The number of hydrogen-bond acceptors (Lipinski definition) is 4. The van der Waals surface area contributed by atoms with Crippen LogP contribution in [0.5, 0.6) is 5.75 Å². The van der Waals surface area contributed by atoms with Crippen molar-refractivity contribution in [3.8, 4) is 16.9 Å². The number of carboxylic acid groups (broad SMARTS) is 1. The highest BCUT2D eigenvalue weighted by molar-refractivity contribution is 6.08. The van der Waals surface area contributed by atoms with Gasteiger partial charge in [0.2, 0.25) is 0 Å². The van der Waals surface area contributed by atoms with E-state index in [4.69, 9.17) is 9.73 Å². The number of carboxylic acids is 1. The van der Waals surface area contributed by atoms with Gasteiger partial charge in [-0.2, -0.15) is 0 Å². The predicted octanol–water partition coefficient (Wildman–Crippen LogP) is 5.45. The summed E-state index contributed by atoms with van der Waals surface area (Å²) in [7, 11) is 0. The highest BCUT2D eigenvalue weighted by Crippen LogP contribution is 2.40. The van der Waals surface area contributed by atoms with Crippen LogP contribution in [0.4, 0.5) is 0 Å². The van der Waals surface area contributed by atoms with Gasteiger partial charge < -0.3 is 9.84 Å². The molecular formula is C27H32N2O4. The first kappa shape index (κ1) is 23.0. The van der Waals surface area contributed by atoms with Crippen molar-refractivity contribution in [3.05, 3.63) is 54.1 Å². The highest BCUT2D eigenvalue weighted by Gasteiger charge is 2.49. The van der Waals surface area contributed by atoms with Crippen molar-refractivity contribution < 1.29 is 19.4 Å². The predicted molar refractivity (Wildman–Crippen MR) is 128 cm³/mol. The molecule has 0 atom stereocenters. The molecule has 1 saturated carbocycles. The van der Waals surface area contributed by atoms with Crippen LogP contribution in [-0.4, -0.2) is 38.9 Å². The summed E-state index contributed by atoms with van der Waals surface area (Å²) in [6.45, 7) is 5.72. The van der Waals surface area contributed by atoms with Crippen molar-refractivity contribution in [1.82, 2.24) is 4.90 Å². The molecule has 2 aromatic carbocycles. The molecule has 2 aliphatic rings. The third-order valence-corrected chi connectivity index (χ3v) is 6.55. The maximum absolute atomic E-state index is 13.3. The summed E-state index contributed by atoms with van der Waals surface area (Å²) < 4.78 is 5.67. The quantitative estimate of drug-likeness (QED) is 0.582. The van der Waals surface area contributed by atoms with Crippen LogP contribution >= 0.6 is 0 Å². The Morgan fingerprint density at radius 2 is 1.82 bits per heavy atom. The molecule has 1 aliphatic carbocycles. The van der Waals surface area contributed by atoms with Gasteiger partial charge in [0.25, 0.3) is 5.91 Å². The fourth-order valence-electron chi connectivity index (χ4n) is 4.65. The minimum atomic E-state index is -1.31. The number of amidine groups is 1. The van der Waals surface area contributed by atoms with Gasteiger partial charge in [-0.1, -0.05) is 56.2 Å². The molecule has 0 radical (unpaired) electrons. The zero-order chi connectivity index (χ0) is 23.6. The average Bonchev–Trinajstić information content (AvgIpc) is 3.35. The number of benzene rings is 2. The second-order valence-electron chi connectivity index (χ2n) is 9.55. The molecule has 4 rings (SSSR count). The number of aliphatic imine (C=N–C) groups is 1. The highest BCUT2D eigenvalue weighted by atomic mass is 16.5. The summed E-state index contributed by atoms with van der Waals surface area (Å²) >= 11 is 0. The van der Waals surface area contributed by atoms with Crippen molar-refractivity contribution in [1.29, 1.82) is 0 Å². The molecule has 6 nitrogen and oxygen atoms in total. The maximum Gasteiger partial charge on any atom is 0.347 e. The molecule has 33 heavy (non-hydrogen) atoms. The number of amides is 1. The molecule has 0 unspecified atom stereocenters. The average molecular weight is 449 g/mol. The molecule has 1 N–H and O–H groups in total. The largest absolute Gasteiger partial charge is 0.478 e. The molecule has 1 spiro atoms. The summed E-state index contributed by atoms with van der Waals surface area (Å²) in [6.07, 6.45) is 5.67. The summed E-state index contributed by atoms with van der Waals surface area (Å²) in [5.41, 5.74) is 1.19. The Kier molecular flexibility index (Phi) is 6.28. The number of nitrogens with zero attached hydrogens (tertiary/aromatic N) is 2. The lowest BCUT2D eigenvalue weighted by atomic mass is 9.98. The first-order chi connectivity index (χ1) is 15.7. The van der Waals surface area contributed by atoms with Crippen LogP contribution in [-0.2, 0) is 16.1 Å². The van der Waals surface area contributed by atoms with Crippen molar-refractivity contribution in [2.24, 2.45) is 4.99 Å². The van der Waals surface area contributed by atoms with E-state index >= 15 is 0 Å². The Hall–Kier alpha value is -3.15. The van der Waals surface area contributed by atoms with Gasteiger partial charge in [0.15, 0.2) is 5.60 Å². The van der Waals surface area contributed by atoms with Gasteiger partial charge >= 0.3 is 5.97 Å². The van der Waals surface area contributed by atoms with Gasteiger partial charge in [0, 0.05) is 6.42 Å². The third-order valence-electron chi connectivity index (χ3n) is 6.55. The maximum atomic E-state index is 13.3. The Balaban J connectivity index is 1.50. The smallest absolute Gasteiger partial charge is 0.347 e. The Bertz CT molecular complexity index is 1070. The van der Waals surface area contributed by atoms with E-state index in [9.17, 15) is 14.7 Å². The lowest BCUT2D eigenvalue weighted by Gasteiger charge is -2.23. The Labute approximate surface area is 195 Å². The van der Waals surface area contributed by atoms with E-state index in [-0.39, 0.29) is 5.91 Å². The number of carbonyl (C=O) groups excluding carboxylic acids is 1. The number of hydrogen-bond donors (Lipinski definition) is 1. The molecule has 2 aromatic rings. The van der Waals surface area contributed by atoms with E-state index in [1.807, 2.05) is 47.4 Å². The van der Waals surface area contributed by atoms with Gasteiger partial charge in [-0.25, -0.2) is 4.79 Å². The van der Waals surface area contributed by atoms with Gasteiger partial charge in [0.1, 0.15) is 17.1 Å². The topological polar surface area (TPSA) is 79.2 Å². The van der Waals surface area contributed by atoms with E-state index in [0.29, 0.717) is 12.3 Å². The number of carbonyl (C=O) groups is 2. The lowest BCUT2D eigenvalue weighted by Crippen LogP contribution is -2.40. The number of rotatable bonds is 8. The minimum absolute atomic E-state index is 0.165. The minimum Gasteiger partial charge on any atom is -0.478 e. The first-order valence-corrected chi connectivity index (χ1v) is 11.8. The molecule has 0 bridgehead atoms. The molecule has 1 fully saturated rings. The molecular weight excluding hydrogens is 416 g/mol. The molecule has 1 aliphatic heterocycles. The van der Waals surface area contributed by atoms with Crippen LogP contribution in [0.25, 0.3) is 11.1 Å². The summed E-state index contributed by atoms with van der Waals surface area (Å²) in [6, 6.07) is 15.6. The van der Waals surface area contributed by atoms with Crippen LogP contribution < -0.4 is 4.74 Å². The van der Waals surface area contributed by atoms with Crippen LogP contribution in [0.2, 0.25) is 0 Å². The van der Waals surface area contributed by atoms with Crippen molar-refractivity contribution in [2.75, 3.05) is 0 Å². The fourth-order valence-corrected chi connectivity index (χ4v) is 4.65. The van der Waals surface area contributed by atoms with Crippen molar-refractivity contribution in [2.45, 2.75) is 77.0 Å². The van der Waals surface area contributed by atoms with Crippen molar-refractivity contribution >= 4 is 17.7 Å². The van der Waals surface area contributed by atoms with Crippen LogP contribution in [0.1, 0.15) is 64.9 Å². The van der Waals surface area contributed by atoms with Crippen molar-refractivity contribution in [3.63, 3.8) is 0 Å². The van der Waals surface area contributed by atoms with Gasteiger partial charge in [-0.05, 0) is 61.9 Å². The van der Waals surface area contributed by atoms with E-state index in [2.05, 4.69) is 6.92 Å². The molecule has 0 saturated heterocycles. The monoisotopic (exact) mass is 448 g/mol. The Morgan fingerprint density at radius 3 is 2.45 bits per heavy atom. The van der Waals surface area contributed by atoms with E-state index < -0.39 is 17.1 Å². The third kappa shape index (κ3) is 4.65. The second-order valence-corrected chi connectivity index (χ2v) is 9.55. The Morgan fingerprint density at radius 1 is 1.12 bits per heavy atom. The standard InChI is InChI=1S/C27H32N2O4/c1-4-8-23-28-27(15-5-6-16-27)24(30)29(23)18-19-11-13-20(14-12-19)21-9-7-10-22(17-21)33-26(2,3)25(31)32/h7,9-14,17H,4-6,8,15-16,18H2,1-3H3,(H,31,32). The molecule has 0 aromatic heterocycles. The molecule has 1 amide bonds. The number of ether oxygens (including phenoxy) is 1. The summed E-state index contributed by atoms with van der Waals surface area (Å²) in [5.74, 6) is 0.589. The molecule has 1 heterocycles. The second kappa shape index (κ2) is 9.00.